The van der Waals surface area contributed by atoms with Crippen LogP contribution in [-0.4, -0.2) is 52.9 Å². The Morgan fingerprint density at radius 1 is 1.27 bits per heavy atom. The Kier molecular flexibility index (Phi) is 9.18. The Hall–Kier alpha value is -0.670. The first-order valence-electron chi connectivity index (χ1n) is 6.45. The highest BCUT2D eigenvalue weighted by Crippen LogP contribution is 2.25. The summed E-state index contributed by atoms with van der Waals surface area (Å²) < 4.78 is 25.6. The lowest BCUT2D eigenvalue weighted by Crippen LogP contribution is -2.27. The van der Waals surface area contributed by atoms with Gasteiger partial charge in [-0.3, -0.25) is 4.79 Å². The fourth-order valence-corrected chi connectivity index (χ4v) is 3.55. The van der Waals surface area contributed by atoms with Gasteiger partial charge in [-0.25, -0.2) is 12.7 Å². The zero-order chi connectivity index (χ0) is 16.0. The predicted octanol–water partition coefficient (Wildman–Crippen LogP) is 1.46. The second kappa shape index (κ2) is 9.46. The number of nitrogens with zero attached hydrogens (tertiary/aromatic N) is 1. The molecular weight excluding hydrogens is 394 g/mol. The van der Waals surface area contributed by atoms with E-state index in [1.54, 1.807) is 0 Å². The summed E-state index contributed by atoms with van der Waals surface area (Å²) in [6.45, 7) is 1.39. The van der Waals surface area contributed by atoms with Crippen LogP contribution in [0.3, 0.4) is 0 Å². The van der Waals surface area contributed by atoms with E-state index in [0.717, 1.165) is 17.3 Å². The molecule has 1 aromatic carbocycles. The summed E-state index contributed by atoms with van der Waals surface area (Å²) in [5.41, 5.74) is 0.420. The van der Waals surface area contributed by atoms with E-state index >= 15 is 0 Å². The van der Waals surface area contributed by atoms with Gasteiger partial charge in [0.25, 0.3) is 5.91 Å². The van der Waals surface area contributed by atoms with Gasteiger partial charge in [-0.05, 0) is 54.1 Å². The van der Waals surface area contributed by atoms with Crippen LogP contribution in [0.2, 0.25) is 0 Å². The van der Waals surface area contributed by atoms with E-state index in [1.165, 1.54) is 32.3 Å². The molecule has 9 heteroatoms. The van der Waals surface area contributed by atoms with E-state index in [4.69, 9.17) is 0 Å². The first-order valence-corrected chi connectivity index (χ1v) is 8.69. The summed E-state index contributed by atoms with van der Waals surface area (Å²) in [5.74, 6) is -0.222. The van der Waals surface area contributed by atoms with Gasteiger partial charge >= 0.3 is 0 Å². The van der Waals surface area contributed by atoms with Gasteiger partial charge in [-0.1, -0.05) is 0 Å². The van der Waals surface area contributed by atoms with Crippen LogP contribution >= 0.6 is 28.3 Å². The number of rotatable bonds is 7. The predicted molar refractivity (Wildman–Crippen MR) is 93.1 cm³/mol. The van der Waals surface area contributed by atoms with Crippen LogP contribution < -0.4 is 10.6 Å². The summed E-state index contributed by atoms with van der Waals surface area (Å²) in [6.07, 6.45) is 0.830. The molecule has 0 aromatic heterocycles. The average molecular weight is 415 g/mol. The van der Waals surface area contributed by atoms with Crippen LogP contribution in [0.15, 0.2) is 27.6 Å². The number of carbonyl (C=O) groups is 1. The van der Waals surface area contributed by atoms with Crippen molar-refractivity contribution >= 4 is 44.3 Å². The SMILES string of the molecule is CNCCCNC(=O)c1ccc(S(=O)(=O)N(C)C)c(Br)c1.Cl. The Bertz CT molecular complexity index is 609. The van der Waals surface area contributed by atoms with Crippen LogP contribution in [-0.2, 0) is 10.0 Å². The highest BCUT2D eigenvalue weighted by Gasteiger charge is 2.21. The molecule has 1 rings (SSSR count). The van der Waals surface area contributed by atoms with Crippen LogP contribution in [0.25, 0.3) is 0 Å². The molecule has 0 atom stereocenters. The summed E-state index contributed by atoms with van der Waals surface area (Å²) in [7, 11) is 1.25. The third-order valence-corrected chi connectivity index (χ3v) is 5.63. The Balaban J connectivity index is 0.00000441. The lowest BCUT2D eigenvalue weighted by molar-refractivity contribution is 0.0953. The largest absolute Gasteiger partial charge is 0.352 e. The maximum Gasteiger partial charge on any atom is 0.251 e. The number of sulfonamides is 1. The Morgan fingerprint density at radius 2 is 1.91 bits per heavy atom. The number of amides is 1. The number of benzene rings is 1. The molecule has 0 unspecified atom stereocenters. The molecule has 0 radical (unpaired) electrons. The molecule has 0 fully saturated rings. The highest BCUT2D eigenvalue weighted by atomic mass is 79.9. The number of halogens is 2. The van der Waals surface area contributed by atoms with Crippen molar-refractivity contribution in [2.45, 2.75) is 11.3 Å². The van der Waals surface area contributed by atoms with Crippen LogP contribution in [0.4, 0.5) is 0 Å². The van der Waals surface area contributed by atoms with E-state index < -0.39 is 10.0 Å². The average Bonchev–Trinajstić information content (AvgIpc) is 2.42. The molecule has 22 heavy (non-hydrogen) atoms. The molecule has 0 aliphatic rings. The summed E-state index contributed by atoms with van der Waals surface area (Å²) in [5, 5.41) is 5.78. The molecule has 0 bridgehead atoms. The fourth-order valence-electron chi connectivity index (χ4n) is 1.62. The van der Waals surface area contributed by atoms with E-state index in [2.05, 4.69) is 26.6 Å². The Labute approximate surface area is 146 Å². The summed E-state index contributed by atoms with van der Waals surface area (Å²) in [6, 6.07) is 4.46. The minimum atomic E-state index is -3.53. The van der Waals surface area contributed by atoms with Crippen molar-refractivity contribution in [1.82, 2.24) is 14.9 Å². The number of hydrogen-bond acceptors (Lipinski definition) is 4. The third kappa shape index (κ3) is 5.51. The Morgan fingerprint density at radius 3 is 2.41 bits per heavy atom. The van der Waals surface area contributed by atoms with Crippen molar-refractivity contribution in [1.29, 1.82) is 0 Å². The molecule has 1 amide bonds. The van der Waals surface area contributed by atoms with Gasteiger partial charge in [0, 0.05) is 30.7 Å². The number of carbonyl (C=O) groups excluding carboxylic acids is 1. The van der Waals surface area contributed by atoms with E-state index in [-0.39, 0.29) is 23.2 Å². The smallest absolute Gasteiger partial charge is 0.251 e. The van der Waals surface area contributed by atoms with Gasteiger partial charge in [0.15, 0.2) is 0 Å². The lowest BCUT2D eigenvalue weighted by Gasteiger charge is -2.13. The maximum absolute atomic E-state index is 12.1. The minimum absolute atomic E-state index is 0. The maximum atomic E-state index is 12.1. The standard InChI is InChI=1S/C13H20BrN3O3S.ClH/c1-15-7-4-8-16-13(18)10-5-6-12(11(14)9-10)21(19,20)17(2)3;/h5-6,9,15H,4,7-8H2,1-3H3,(H,16,18);1H. The van der Waals surface area contributed by atoms with Crippen molar-refractivity contribution in [3.05, 3.63) is 28.2 Å². The van der Waals surface area contributed by atoms with Crippen molar-refractivity contribution < 1.29 is 13.2 Å². The van der Waals surface area contributed by atoms with Gasteiger partial charge < -0.3 is 10.6 Å². The molecule has 0 saturated carbocycles. The zero-order valence-corrected chi connectivity index (χ0v) is 15.9. The fraction of sp³-hybridized carbons (Fsp3) is 0.462. The molecule has 0 heterocycles. The number of hydrogen-bond donors (Lipinski definition) is 2. The molecule has 2 N–H and O–H groups in total. The van der Waals surface area contributed by atoms with E-state index in [1.807, 2.05) is 7.05 Å². The topological polar surface area (TPSA) is 78.5 Å². The van der Waals surface area contributed by atoms with Crippen molar-refractivity contribution in [2.24, 2.45) is 0 Å². The zero-order valence-electron chi connectivity index (χ0n) is 12.7. The molecular formula is C13H21BrClN3O3S. The van der Waals surface area contributed by atoms with Gasteiger partial charge in [0.2, 0.25) is 10.0 Å². The normalized spacial score (nSPS) is 11.1. The van der Waals surface area contributed by atoms with Crippen molar-refractivity contribution in [2.75, 3.05) is 34.2 Å². The minimum Gasteiger partial charge on any atom is -0.352 e. The van der Waals surface area contributed by atoms with E-state index in [0.29, 0.717) is 16.6 Å². The molecule has 1 aromatic rings. The van der Waals surface area contributed by atoms with Crippen LogP contribution in [0.5, 0.6) is 0 Å². The van der Waals surface area contributed by atoms with Crippen LogP contribution in [0.1, 0.15) is 16.8 Å². The van der Waals surface area contributed by atoms with Crippen molar-refractivity contribution in [3.8, 4) is 0 Å². The molecule has 126 valence electrons. The monoisotopic (exact) mass is 413 g/mol. The molecule has 0 spiro atoms. The van der Waals surface area contributed by atoms with Gasteiger partial charge in [-0.15, -0.1) is 12.4 Å². The van der Waals surface area contributed by atoms with E-state index in [9.17, 15) is 13.2 Å². The lowest BCUT2D eigenvalue weighted by atomic mass is 10.2. The summed E-state index contributed by atoms with van der Waals surface area (Å²) >= 11 is 3.22. The molecule has 0 aliphatic carbocycles. The van der Waals surface area contributed by atoms with Gasteiger partial charge in [0.05, 0.1) is 4.90 Å². The molecule has 6 nitrogen and oxygen atoms in total. The third-order valence-electron chi connectivity index (χ3n) is 2.84. The summed E-state index contributed by atoms with van der Waals surface area (Å²) in [4.78, 5) is 12.1. The first-order chi connectivity index (χ1) is 9.80. The number of nitrogens with one attached hydrogen (secondary N) is 2. The first kappa shape index (κ1) is 21.3. The van der Waals surface area contributed by atoms with Crippen molar-refractivity contribution in [3.63, 3.8) is 0 Å². The second-order valence-electron chi connectivity index (χ2n) is 4.65. The van der Waals surface area contributed by atoms with Gasteiger partial charge in [0.1, 0.15) is 0 Å². The second-order valence-corrected chi connectivity index (χ2v) is 7.62. The van der Waals surface area contributed by atoms with Gasteiger partial charge in [-0.2, -0.15) is 0 Å². The quantitative estimate of drug-likeness (QED) is 0.662. The highest BCUT2D eigenvalue weighted by molar-refractivity contribution is 9.10. The van der Waals surface area contributed by atoms with Crippen LogP contribution in [0, 0.1) is 0 Å². The molecule has 0 aliphatic heterocycles. The molecule has 0 saturated heterocycles.